The van der Waals surface area contributed by atoms with Crippen LogP contribution in [0.4, 0.5) is 21.5 Å². The molecule has 13 N–H and O–H groups in total. The molecule has 2 aromatic heterocycles. The van der Waals surface area contributed by atoms with Crippen molar-refractivity contribution in [3.05, 3.63) is 132 Å². The summed E-state index contributed by atoms with van der Waals surface area (Å²) in [7, 11) is 5.21. The molecular weight excluding hydrogens is 1310 g/mol. The van der Waals surface area contributed by atoms with E-state index in [-0.39, 0.29) is 36.3 Å². The zero-order valence-electron chi connectivity index (χ0n) is 45.0. The summed E-state index contributed by atoms with van der Waals surface area (Å²) in [6.45, 7) is 2.58. The number of hydrogen-bond donors (Lipinski definition) is 13. The van der Waals surface area contributed by atoms with Crippen LogP contribution in [-0.2, 0) is 26.9 Å². The van der Waals surface area contributed by atoms with Crippen molar-refractivity contribution in [1.29, 1.82) is 0 Å². The number of fused-ring (bicyclic) bond motifs is 2. The van der Waals surface area contributed by atoms with Gasteiger partial charge in [0, 0.05) is 68.0 Å². The van der Waals surface area contributed by atoms with Crippen molar-refractivity contribution in [2.24, 2.45) is 14.1 Å². The van der Waals surface area contributed by atoms with E-state index in [0.717, 1.165) is 3.57 Å². The molecule has 79 heavy (non-hydrogen) atoms. The number of para-hydroxylation sites is 2. The van der Waals surface area contributed by atoms with Gasteiger partial charge in [-0.1, -0.05) is 48.5 Å². The first kappa shape index (κ1) is 68.4. The average Bonchev–Trinajstić information content (AvgIpc) is 3.46. The Morgan fingerprint density at radius 2 is 1.00 bits per heavy atom. The van der Waals surface area contributed by atoms with Gasteiger partial charge in [-0.05, 0) is 92.0 Å². The van der Waals surface area contributed by atoms with Crippen molar-refractivity contribution in [1.82, 2.24) is 14.5 Å². The molecule has 6 aromatic rings. The second kappa shape index (κ2) is 34.4. The third kappa shape index (κ3) is 17.3. The van der Waals surface area contributed by atoms with Crippen molar-refractivity contribution in [3.63, 3.8) is 0 Å². The van der Waals surface area contributed by atoms with Crippen LogP contribution in [0.15, 0.2) is 107 Å². The molecule has 440 valence electrons. The zero-order valence-corrected chi connectivity index (χ0v) is 49.2. The van der Waals surface area contributed by atoms with Gasteiger partial charge in [0.1, 0.15) is 59.2 Å². The molecule has 0 aliphatic carbocycles. The van der Waals surface area contributed by atoms with E-state index >= 15 is 0 Å². The molecule has 8 atom stereocenters. The number of carbonyl (C=O) groups is 2. The molecule has 0 aliphatic rings. The molecule has 22 nitrogen and oxygen atoms in total. The number of likely N-dealkylation sites (N-methyl/N-ethyl adjacent to an activating group) is 2. The predicted octanol–water partition coefficient (Wildman–Crippen LogP) is 1.41. The summed E-state index contributed by atoms with van der Waals surface area (Å²) in [5, 5.41) is 119. The van der Waals surface area contributed by atoms with Crippen LogP contribution in [0.3, 0.4) is 0 Å². The summed E-state index contributed by atoms with van der Waals surface area (Å²) in [4.78, 5) is 56.9. The number of rotatable bonds is 19. The fraction of sp³-hybridized carbons (Fsp3) is 0.396. The number of carbonyl (C=O) groups excluding carboxylic acids is 2. The van der Waals surface area contributed by atoms with Crippen molar-refractivity contribution in [2.45, 2.75) is 62.7 Å². The van der Waals surface area contributed by atoms with Gasteiger partial charge in [0.05, 0.1) is 55.8 Å². The number of hydrogen-bond acceptors (Lipinski definition) is 18. The zero-order chi connectivity index (χ0) is 60.7. The molecule has 0 fully saturated rings. The van der Waals surface area contributed by atoms with Crippen molar-refractivity contribution >= 4 is 93.6 Å². The number of pyridine rings is 2. The summed E-state index contributed by atoms with van der Waals surface area (Å²) in [6, 6.07) is 28.1. The first-order valence-corrected chi connectivity index (χ1v) is 28.2. The van der Waals surface area contributed by atoms with E-state index in [9.17, 15) is 59.3 Å². The average molecular weight is 1380 g/mol. The number of aliphatic hydroxyl groups is 10. The minimum absolute atomic E-state index is 0.0936. The Morgan fingerprint density at radius 1 is 0.633 bits per heavy atom. The van der Waals surface area contributed by atoms with E-state index in [1.807, 2.05) is 37.3 Å². The van der Waals surface area contributed by atoms with E-state index in [4.69, 9.17) is 26.9 Å². The first-order valence-electron chi connectivity index (χ1n) is 24.8. The SMILES string of the molecule is CCN(C(=O)c1c(O)c2c(I)cccc2n(C)c1=O)c1ccccc1.CCN(C(=O)c1c(O)c2c(N(C)C[C@H](O)[C@@H](O)[C@H](O)[C@H](O)CO)cccc2n(C)c1=O)c1ccccc1.CNC[C@H](O)[C@@H](O)[C@H](O)[C@H](O)CO.[2H]CF.[Cu][I]. The standard InChI is InChI=1S/C26H33N3O8.C19H17IN2O3.C7H17NO5.CH3F.Cu.HI/c1-4-29(15-9-6-5-7-10-15)26(37)21-24(35)20-16(11-8-12-17(20)28(3)25(21)36)27(2)13-18(31)22(33)23(34)19(32)14-30;1-3-22(12-8-5-4-6-9-12)19(25)16-17(23)15-13(20)10-7-11-14(15)21(2)18(16)24;1-8-2-4(10)6(12)7(13)5(11)3-9;1-2;;/h5-12,18-19,22-23,30-35H,4,13-14H2,1-3H3;4-11,23H,3H2,1-2H3;4-13H,2-3H2,1H3;1H3;;1H/q;;;;+1;/p-1/t18-,19+,22+,23+;;4-,5+,6+,7+;;;/m0.0.../s1/i;;;1D;;. The number of benzene rings is 4. The number of aromatic hydroxyl groups is 2. The van der Waals surface area contributed by atoms with E-state index in [0.29, 0.717) is 40.0 Å². The normalized spacial score (nSPS) is 14.1. The summed E-state index contributed by atoms with van der Waals surface area (Å²) in [5.41, 5.74) is 0.694. The van der Waals surface area contributed by atoms with Crippen molar-refractivity contribution in [2.75, 3.05) is 75.3 Å². The summed E-state index contributed by atoms with van der Waals surface area (Å²) in [5.74, 6) is -1.97. The van der Waals surface area contributed by atoms with Crippen LogP contribution in [0.1, 0.15) is 35.9 Å². The molecule has 0 saturated heterocycles. The Bertz CT molecular complexity index is 3010. The molecule has 0 bridgehead atoms. The number of aliphatic hydroxyl groups excluding tert-OH is 10. The molecule has 6 rings (SSSR count). The first-order chi connectivity index (χ1) is 38.0. The number of amides is 2. The summed E-state index contributed by atoms with van der Waals surface area (Å²) < 4.78 is 18.9. The fourth-order valence-corrected chi connectivity index (χ4v) is 8.84. The van der Waals surface area contributed by atoms with Gasteiger partial charge in [-0.15, -0.1) is 0 Å². The number of alkyl halides is 1. The van der Waals surface area contributed by atoms with Gasteiger partial charge in [0.25, 0.3) is 22.9 Å². The number of aromatic nitrogens is 2. The Labute approximate surface area is 490 Å². The van der Waals surface area contributed by atoms with Gasteiger partial charge in [0.15, 0.2) is 0 Å². The maximum absolute atomic E-state index is 13.5. The molecule has 4 aromatic carbocycles. The number of nitrogens with one attached hydrogen (secondary N) is 1. The van der Waals surface area contributed by atoms with E-state index in [1.54, 1.807) is 115 Å². The Hall–Kier alpha value is -4.89. The summed E-state index contributed by atoms with van der Waals surface area (Å²) in [6.07, 6.45) is -12.4. The Morgan fingerprint density at radius 3 is 1.39 bits per heavy atom. The van der Waals surface area contributed by atoms with Crippen molar-refractivity contribution in [3.8, 4) is 11.5 Å². The van der Waals surface area contributed by atoms with E-state index < -0.39 is 103 Å². The summed E-state index contributed by atoms with van der Waals surface area (Å²) >= 11 is 7.96. The van der Waals surface area contributed by atoms with Crippen LogP contribution in [0.2, 0.25) is 0 Å². The number of aryl methyl sites for hydroxylation is 2. The van der Waals surface area contributed by atoms with Gasteiger partial charge in [-0.25, -0.2) is 0 Å². The Balaban J connectivity index is 0.000000436. The molecule has 2 amide bonds. The van der Waals surface area contributed by atoms with Crippen LogP contribution in [-0.4, -0.2) is 192 Å². The van der Waals surface area contributed by atoms with Gasteiger partial charge >= 0.3 is 33.1 Å². The van der Waals surface area contributed by atoms with Crippen LogP contribution >= 0.6 is 42.9 Å². The number of halogens is 3. The third-order valence-corrected chi connectivity index (χ3v) is 13.2. The fourth-order valence-electron chi connectivity index (χ4n) is 8.10. The molecule has 0 unspecified atom stereocenters. The van der Waals surface area contributed by atoms with Crippen LogP contribution in [0, 0.1) is 3.57 Å². The van der Waals surface area contributed by atoms with Crippen LogP contribution in [0.5, 0.6) is 11.5 Å². The monoisotopic (exact) mass is 1380 g/mol. The van der Waals surface area contributed by atoms with Gasteiger partial charge < -0.3 is 90.4 Å². The number of anilines is 3. The molecule has 0 aliphatic heterocycles. The second-order valence-electron chi connectivity index (χ2n) is 17.3. The molecule has 2 heterocycles. The van der Waals surface area contributed by atoms with Gasteiger partial charge in [-0.3, -0.25) is 23.6 Å². The van der Waals surface area contributed by atoms with Gasteiger partial charge in [0.2, 0.25) is 0 Å². The predicted molar refractivity (Wildman–Crippen MR) is 312 cm³/mol. The minimum atomic E-state index is -1.79. The maximum atomic E-state index is 13.5. The third-order valence-electron chi connectivity index (χ3n) is 12.3. The molecule has 26 heteroatoms. The number of nitrogens with zero attached hydrogens (tertiary/aromatic N) is 5. The Kier molecular flexibility index (Phi) is 29.8. The van der Waals surface area contributed by atoms with Gasteiger partial charge in [-0.2, -0.15) is 0 Å². The molecule has 0 spiro atoms. The van der Waals surface area contributed by atoms with Crippen molar-refractivity contribution < 1.29 is 89.4 Å². The van der Waals surface area contributed by atoms with Crippen LogP contribution in [0.25, 0.3) is 21.8 Å². The molecule has 0 radical (unpaired) electrons. The van der Waals surface area contributed by atoms with E-state index in [2.05, 4.69) is 40.7 Å². The van der Waals surface area contributed by atoms with Crippen LogP contribution < -0.4 is 31.1 Å². The second-order valence-corrected chi connectivity index (χ2v) is 18.4. The topological polar surface area (TPSA) is 343 Å². The van der Waals surface area contributed by atoms with E-state index in [1.165, 1.54) is 30.9 Å². The molecular formula is C53H70CuFI2N6O16. The molecule has 0 saturated carbocycles. The quantitative estimate of drug-likeness (QED) is 0.0403.